The lowest BCUT2D eigenvalue weighted by Crippen LogP contribution is -2.38. The molecule has 0 saturated heterocycles. The Morgan fingerprint density at radius 1 is 1.08 bits per heavy atom. The summed E-state index contributed by atoms with van der Waals surface area (Å²) >= 11 is 1.75. The highest BCUT2D eigenvalue weighted by molar-refractivity contribution is 7.16. The second-order valence-corrected chi connectivity index (χ2v) is 7.97. The van der Waals surface area contributed by atoms with Gasteiger partial charge in [-0.3, -0.25) is 4.79 Å². The molecule has 0 unspecified atom stereocenters. The van der Waals surface area contributed by atoms with Crippen molar-refractivity contribution in [3.05, 3.63) is 58.0 Å². The predicted molar refractivity (Wildman–Crippen MR) is 105 cm³/mol. The smallest absolute Gasteiger partial charge is 0.256 e. The van der Waals surface area contributed by atoms with Crippen molar-refractivity contribution in [3.63, 3.8) is 0 Å². The normalized spacial score (nSPS) is 18.7. The van der Waals surface area contributed by atoms with Crippen LogP contribution in [0.3, 0.4) is 0 Å². The first-order chi connectivity index (χ1) is 12.8. The molecule has 26 heavy (non-hydrogen) atoms. The first-order valence-electron chi connectivity index (χ1n) is 9.04. The number of methoxy groups -OCH3 is 1. The lowest BCUT2D eigenvalue weighted by atomic mass is 9.94. The van der Waals surface area contributed by atoms with Crippen LogP contribution in [0, 0.1) is 0 Å². The van der Waals surface area contributed by atoms with Crippen LogP contribution in [0.1, 0.15) is 45.4 Å². The maximum atomic E-state index is 13.0. The van der Waals surface area contributed by atoms with E-state index in [1.54, 1.807) is 18.4 Å². The van der Waals surface area contributed by atoms with Gasteiger partial charge in [0.25, 0.3) is 5.91 Å². The van der Waals surface area contributed by atoms with Gasteiger partial charge in [0.2, 0.25) is 0 Å². The Balaban J connectivity index is 1.64. The van der Waals surface area contributed by atoms with E-state index in [-0.39, 0.29) is 12.1 Å². The van der Waals surface area contributed by atoms with Crippen molar-refractivity contribution in [1.29, 1.82) is 0 Å². The molecule has 1 aliphatic heterocycles. The fourth-order valence-corrected chi connectivity index (χ4v) is 5.49. The third kappa shape index (κ3) is 2.31. The average Bonchev–Trinajstić information content (AvgIpc) is 3.05. The SMILES string of the molecule is COc1ccc2ccccc2c1[C@H]1NC(=O)c2c(sc3c2CCCC3)N1. The summed E-state index contributed by atoms with van der Waals surface area (Å²) < 4.78 is 5.62. The van der Waals surface area contributed by atoms with Crippen LogP contribution in [-0.2, 0) is 12.8 Å². The van der Waals surface area contributed by atoms with Crippen LogP contribution in [0.25, 0.3) is 10.8 Å². The number of rotatable bonds is 2. The van der Waals surface area contributed by atoms with E-state index in [0.29, 0.717) is 0 Å². The van der Waals surface area contributed by atoms with E-state index in [4.69, 9.17) is 4.74 Å². The van der Waals surface area contributed by atoms with E-state index in [1.165, 1.54) is 23.3 Å². The number of thiophene rings is 1. The monoisotopic (exact) mass is 364 g/mol. The topological polar surface area (TPSA) is 50.4 Å². The van der Waals surface area contributed by atoms with E-state index >= 15 is 0 Å². The minimum atomic E-state index is -0.295. The maximum absolute atomic E-state index is 13.0. The molecule has 1 amide bonds. The Kier molecular flexibility index (Phi) is 3.64. The summed E-state index contributed by atoms with van der Waals surface area (Å²) in [5.74, 6) is 0.810. The molecule has 5 heteroatoms. The summed E-state index contributed by atoms with van der Waals surface area (Å²) in [5, 5.41) is 9.97. The Hall–Kier alpha value is -2.53. The lowest BCUT2D eigenvalue weighted by Gasteiger charge is -2.28. The Morgan fingerprint density at radius 3 is 2.81 bits per heavy atom. The van der Waals surface area contributed by atoms with Crippen LogP contribution in [0.5, 0.6) is 5.75 Å². The molecule has 3 aromatic rings. The standard InChI is InChI=1S/C21H20N2O2S/c1-25-15-11-10-12-6-2-3-7-13(12)17(15)19-22-20(24)18-14-8-4-5-9-16(14)26-21(18)23-19/h2-3,6-7,10-11,19,23H,4-5,8-9H2,1H3,(H,22,24)/t19-/m0/s1. The minimum absolute atomic E-state index is 0.0261. The molecular weight excluding hydrogens is 344 g/mol. The molecule has 132 valence electrons. The molecule has 0 bridgehead atoms. The average molecular weight is 364 g/mol. The predicted octanol–water partition coefficient (Wildman–Crippen LogP) is 4.64. The van der Waals surface area contributed by atoms with E-state index in [9.17, 15) is 4.79 Å². The van der Waals surface area contributed by atoms with Gasteiger partial charge in [-0.25, -0.2) is 0 Å². The molecule has 4 nitrogen and oxygen atoms in total. The number of hydrogen-bond acceptors (Lipinski definition) is 4. The highest BCUT2D eigenvalue weighted by Crippen LogP contribution is 2.43. The minimum Gasteiger partial charge on any atom is -0.496 e. The fourth-order valence-electron chi connectivity index (χ4n) is 4.17. The molecule has 0 spiro atoms. The molecule has 2 N–H and O–H groups in total. The van der Waals surface area contributed by atoms with Gasteiger partial charge in [-0.1, -0.05) is 30.3 Å². The quantitative estimate of drug-likeness (QED) is 0.696. The summed E-state index contributed by atoms with van der Waals surface area (Å²) in [7, 11) is 1.67. The van der Waals surface area contributed by atoms with Gasteiger partial charge >= 0.3 is 0 Å². The summed E-state index contributed by atoms with van der Waals surface area (Å²) in [6.45, 7) is 0. The van der Waals surface area contributed by atoms with Crippen molar-refractivity contribution in [2.75, 3.05) is 12.4 Å². The Bertz CT molecular complexity index is 1020. The van der Waals surface area contributed by atoms with Crippen molar-refractivity contribution >= 4 is 33.0 Å². The van der Waals surface area contributed by atoms with Gasteiger partial charge in [0.15, 0.2) is 0 Å². The van der Waals surface area contributed by atoms with E-state index < -0.39 is 0 Å². The van der Waals surface area contributed by atoms with Crippen molar-refractivity contribution in [1.82, 2.24) is 5.32 Å². The van der Waals surface area contributed by atoms with Crippen molar-refractivity contribution in [2.45, 2.75) is 31.8 Å². The molecular formula is C21H20N2O2S. The van der Waals surface area contributed by atoms with Crippen molar-refractivity contribution < 1.29 is 9.53 Å². The van der Waals surface area contributed by atoms with Crippen LogP contribution in [0.4, 0.5) is 5.00 Å². The number of fused-ring (bicyclic) bond motifs is 4. The highest BCUT2D eigenvalue weighted by atomic mass is 32.1. The van der Waals surface area contributed by atoms with Crippen LogP contribution >= 0.6 is 11.3 Å². The first kappa shape index (κ1) is 15.7. The number of nitrogens with one attached hydrogen (secondary N) is 2. The molecule has 2 aliphatic rings. The summed E-state index contributed by atoms with van der Waals surface area (Å²) in [6, 6.07) is 12.2. The van der Waals surface area contributed by atoms with Crippen molar-refractivity contribution in [2.24, 2.45) is 0 Å². The van der Waals surface area contributed by atoms with E-state index in [0.717, 1.165) is 45.5 Å². The number of hydrogen-bond donors (Lipinski definition) is 2. The van der Waals surface area contributed by atoms with Gasteiger partial charge in [0, 0.05) is 10.4 Å². The number of carbonyl (C=O) groups excluding carboxylic acids is 1. The maximum Gasteiger partial charge on any atom is 0.256 e. The number of amides is 1. The molecule has 0 fully saturated rings. The third-order valence-electron chi connectivity index (χ3n) is 5.39. The summed E-state index contributed by atoms with van der Waals surface area (Å²) in [4.78, 5) is 14.3. The van der Waals surface area contributed by atoms with Gasteiger partial charge in [0.05, 0.1) is 12.7 Å². The zero-order valence-electron chi connectivity index (χ0n) is 14.6. The molecule has 0 radical (unpaired) electrons. The number of aryl methyl sites for hydroxylation is 1. The number of benzene rings is 2. The highest BCUT2D eigenvalue weighted by Gasteiger charge is 2.33. The zero-order valence-corrected chi connectivity index (χ0v) is 15.4. The summed E-state index contributed by atoms with van der Waals surface area (Å²) in [6.07, 6.45) is 4.19. The van der Waals surface area contributed by atoms with Gasteiger partial charge in [-0.2, -0.15) is 0 Å². The van der Waals surface area contributed by atoms with Crippen LogP contribution in [-0.4, -0.2) is 13.0 Å². The van der Waals surface area contributed by atoms with Gasteiger partial charge < -0.3 is 15.4 Å². The van der Waals surface area contributed by atoms with Crippen LogP contribution < -0.4 is 15.4 Å². The lowest BCUT2D eigenvalue weighted by molar-refractivity contribution is 0.0935. The molecule has 2 aromatic carbocycles. The van der Waals surface area contributed by atoms with Gasteiger partial charge in [0.1, 0.15) is 16.9 Å². The molecule has 1 aliphatic carbocycles. The van der Waals surface area contributed by atoms with Gasteiger partial charge in [-0.15, -0.1) is 11.3 Å². The second kappa shape index (κ2) is 6.02. The van der Waals surface area contributed by atoms with Crippen LogP contribution in [0.15, 0.2) is 36.4 Å². The largest absolute Gasteiger partial charge is 0.496 e. The second-order valence-electron chi connectivity index (χ2n) is 6.87. The molecule has 0 saturated carbocycles. The van der Waals surface area contributed by atoms with E-state index in [1.807, 2.05) is 18.2 Å². The molecule has 5 rings (SSSR count). The first-order valence-corrected chi connectivity index (χ1v) is 9.85. The Morgan fingerprint density at radius 2 is 1.92 bits per heavy atom. The summed E-state index contributed by atoms with van der Waals surface area (Å²) in [5.41, 5.74) is 3.10. The van der Waals surface area contributed by atoms with Crippen molar-refractivity contribution in [3.8, 4) is 5.75 Å². The Labute approximate surface area is 156 Å². The fraction of sp³-hybridized carbons (Fsp3) is 0.286. The number of anilines is 1. The molecule has 1 atom stereocenters. The van der Waals surface area contributed by atoms with Crippen LogP contribution in [0.2, 0.25) is 0 Å². The molecule has 1 aromatic heterocycles. The van der Waals surface area contributed by atoms with Gasteiger partial charge in [-0.05, 0) is 48.1 Å². The number of carbonyl (C=O) groups is 1. The van der Waals surface area contributed by atoms with E-state index in [2.05, 4.69) is 28.8 Å². The molecule has 2 heterocycles. The third-order valence-corrected chi connectivity index (χ3v) is 6.61. The zero-order chi connectivity index (χ0) is 17.7. The number of ether oxygens (including phenoxy) is 1.